The molecule has 0 saturated heterocycles. The second kappa shape index (κ2) is 7.70. The van der Waals surface area contributed by atoms with Gasteiger partial charge in [-0.2, -0.15) is 5.26 Å². The number of hydrogen-bond acceptors (Lipinski definition) is 5. The zero-order valence-electron chi connectivity index (χ0n) is 14.4. The fraction of sp³-hybridized carbons (Fsp3) is 0.444. The van der Waals surface area contributed by atoms with Gasteiger partial charge >= 0.3 is 0 Å². The monoisotopic (exact) mass is 355 g/mol. The molecule has 0 radical (unpaired) electrons. The number of carbonyl (C=O) groups is 1. The third-order valence-corrected chi connectivity index (χ3v) is 5.06. The van der Waals surface area contributed by atoms with Crippen LogP contribution in [0.15, 0.2) is 35.5 Å². The standard InChI is InChI=1S/C18H21N5OS/c1-13(17(24)22(2)12-6-11-19)25-18-20-16(14-9-10-14)23(21-18)15-7-4-3-5-8-15/h3-5,7-8,13-14H,6,9-10,12H2,1-2H3/t13-/m0/s1. The normalized spacial score (nSPS) is 14.8. The Balaban J connectivity index is 1.75. The summed E-state index contributed by atoms with van der Waals surface area (Å²) in [7, 11) is 1.72. The van der Waals surface area contributed by atoms with Crippen LogP contribution in [-0.4, -0.2) is 44.4 Å². The minimum absolute atomic E-state index is 0.00992. The molecule has 1 aliphatic rings. The van der Waals surface area contributed by atoms with Crippen LogP contribution in [0, 0.1) is 11.3 Å². The van der Waals surface area contributed by atoms with Crippen molar-refractivity contribution < 1.29 is 4.79 Å². The molecule has 1 aromatic carbocycles. The van der Waals surface area contributed by atoms with Crippen molar-refractivity contribution in [3.63, 3.8) is 0 Å². The van der Waals surface area contributed by atoms with Crippen LogP contribution in [0.1, 0.15) is 37.9 Å². The van der Waals surface area contributed by atoms with Gasteiger partial charge in [-0.3, -0.25) is 4.79 Å². The summed E-state index contributed by atoms with van der Waals surface area (Å²) < 4.78 is 1.90. The second-order valence-corrected chi connectivity index (χ2v) is 7.51. The van der Waals surface area contributed by atoms with Gasteiger partial charge in [-0.05, 0) is 31.9 Å². The Labute approximate surface area is 151 Å². The van der Waals surface area contributed by atoms with E-state index in [4.69, 9.17) is 5.26 Å². The Hall–Kier alpha value is -2.33. The van der Waals surface area contributed by atoms with E-state index in [-0.39, 0.29) is 11.2 Å². The van der Waals surface area contributed by atoms with E-state index in [1.165, 1.54) is 11.8 Å². The molecule has 3 rings (SSSR count). The smallest absolute Gasteiger partial charge is 0.235 e. The topological polar surface area (TPSA) is 74.8 Å². The lowest BCUT2D eigenvalue weighted by molar-refractivity contribution is -0.128. The van der Waals surface area contributed by atoms with E-state index in [1.807, 2.05) is 41.9 Å². The van der Waals surface area contributed by atoms with Gasteiger partial charge in [0.1, 0.15) is 5.82 Å². The third-order valence-electron chi connectivity index (χ3n) is 4.12. The molecule has 0 N–H and O–H groups in total. The summed E-state index contributed by atoms with van der Waals surface area (Å²) in [6.45, 7) is 2.30. The number of nitrogens with zero attached hydrogens (tertiary/aromatic N) is 5. The van der Waals surface area contributed by atoms with Gasteiger partial charge in [-0.25, -0.2) is 9.67 Å². The minimum Gasteiger partial charge on any atom is -0.344 e. The highest BCUT2D eigenvalue weighted by atomic mass is 32.2. The summed E-state index contributed by atoms with van der Waals surface area (Å²) in [5, 5.41) is 13.6. The molecule has 1 aromatic heterocycles. The van der Waals surface area contributed by atoms with Gasteiger partial charge in [0.15, 0.2) is 0 Å². The Morgan fingerprint density at radius 3 is 2.80 bits per heavy atom. The maximum Gasteiger partial charge on any atom is 0.235 e. The second-order valence-electron chi connectivity index (χ2n) is 6.20. The molecule has 0 bridgehead atoms. The molecule has 7 heteroatoms. The Morgan fingerprint density at radius 1 is 1.44 bits per heavy atom. The first-order chi connectivity index (χ1) is 12.1. The molecule has 0 aliphatic heterocycles. The first-order valence-electron chi connectivity index (χ1n) is 8.41. The molecule has 1 amide bonds. The van der Waals surface area contributed by atoms with Crippen molar-refractivity contribution in [1.29, 1.82) is 5.26 Å². The highest BCUT2D eigenvalue weighted by Crippen LogP contribution is 2.40. The molecule has 0 spiro atoms. The minimum atomic E-state index is -0.289. The Bertz CT molecular complexity index is 779. The van der Waals surface area contributed by atoms with Gasteiger partial charge in [0.05, 0.1) is 23.4 Å². The molecule has 25 heavy (non-hydrogen) atoms. The molecule has 1 aliphatic carbocycles. The van der Waals surface area contributed by atoms with Crippen LogP contribution in [0.3, 0.4) is 0 Å². The molecule has 0 unspecified atom stereocenters. The molecule has 1 saturated carbocycles. The molecular weight excluding hydrogens is 334 g/mol. The quantitative estimate of drug-likeness (QED) is 0.714. The van der Waals surface area contributed by atoms with Crippen LogP contribution in [-0.2, 0) is 4.79 Å². The predicted molar refractivity (Wildman–Crippen MR) is 96.5 cm³/mol. The van der Waals surface area contributed by atoms with E-state index in [1.54, 1.807) is 11.9 Å². The predicted octanol–water partition coefficient (Wildman–Crippen LogP) is 3.00. The summed E-state index contributed by atoms with van der Waals surface area (Å²) in [4.78, 5) is 18.7. The zero-order chi connectivity index (χ0) is 17.8. The lowest BCUT2D eigenvalue weighted by Gasteiger charge is -2.18. The number of nitriles is 1. The van der Waals surface area contributed by atoms with Crippen molar-refractivity contribution in [2.24, 2.45) is 0 Å². The summed E-state index contributed by atoms with van der Waals surface area (Å²) in [6.07, 6.45) is 2.62. The van der Waals surface area contributed by atoms with Crippen LogP contribution in [0.4, 0.5) is 0 Å². The number of rotatable bonds is 7. The maximum atomic E-state index is 12.4. The largest absolute Gasteiger partial charge is 0.344 e. The summed E-state index contributed by atoms with van der Waals surface area (Å²) in [5.41, 5.74) is 0.994. The molecule has 1 atom stereocenters. The van der Waals surface area contributed by atoms with Crippen molar-refractivity contribution in [1.82, 2.24) is 19.7 Å². The van der Waals surface area contributed by atoms with Crippen molar-refractivity contribution >= 4 is 17.7 Å². The Kier molecular flexibility index (Phi) is 5.39. The van der Waals surface area contributed by atoms with Crippen molar-refractivity contribution in [3.8, 4) is 11.8 Å². The number of hydrogen-bond donors (Lipinski definition) is 0. The van der Waals surface area contributed by atoms with Crippen LogP contribution in [0.2, 0.25) is 0 Å². The molecular formula is C18H21N5OS. The highest BCUT2D eigenvalue weighted by molar-refractivity contribution is 8.00. The summed E-state index contributed by atoms with van der Waals surface area (Å²) in [6, 6.07) is 12.0. The fourth-order valence-corrected chi connectivity index (χ4v) is 3.44. The zero-order valence-corrected chi connectivity index (χ0v) is 15.2. The van der Waals surface area contributed by atoms with E-state index in [2.05, 4.69) is 16.2 Å². The van der Waals surface area contributed by atoms with Gasteiger partial charge in [-0.1, -0.05) is 30.0 Å². The molecule has 1 heterocycles. The van der Waals surface area contributed by atoms with Gasteiger partial charge in [-0.15, -0.1) is 5.10 Å². The number of benzene rings is 1. The molecule has 2 aromatic rings. The van der Waals surface area contributed by atoms with E-state index in [0.29, 0.717) is 24.0 Å². The van der Waals surface area contributed by atoms with Gasteiger partial charge < -0.3 is 4.90 Å². The highest BCUT2D eigenvalue weighted by Gasteiger charge is 2.31. The average Bonchev–Trinajstić information content (AvgIpc) is 3.40. The van der Waals surface area contributed by atoms with E-state index in [0.717, 1.165) is 24.4 Å². The van der Waals surface area contributed by atoms with Crippen molar-refractivity contribution in [3.05, 3.63) is 36.2 Å². The summed E-state index contributed by atoms with van der Waals surface area (Å²) >= 11 is 1.37. The maximum absolute atomic E-state index is 12.4. The van der Waals surface area contributed by atoms with Crippen LogP contribution in [0.25, 0.3) is 5.69 Å². The van der Waals surface area contributed by atoms with Crippen LogP contribution < -0.4 is 0 Å². The first-order valence-corrected chi connectivity index (χ1v) is 9.29. The lowest BCUT2D eigenvalue weighted by Crippen LogP contribution is -2.33. The van der Waals surface area contributed by atoms with Crippen LogP contribution >= 0.6 is 11.8 Å². The summed E-state index contributed by atoms with van der Waals surface area (Å²) in [5.74, 6) is 1.43. The average molecular weight is 355 g/mol. The van der Waals surface area contributed by atoms with Crippen molar-refractivity contribution in [2.75, 3.05) is 13.6 Å². The van der Waals surface area contributed by atoms with Gasteiger partial charge in [0.2, 0.25) is 11.1 Å². The number of amides is 1. The van der Waals surface area contributed by atoms with E-state index < -0.39 is 0 Å². The third kappa shape index (κ3) is 4.20. The molecule has 6 nitrogen and oxygen atoms in total. The van der Waals surface area contributed by atoms with Crippen LogP contribution in [0.5, 0.6) is 0 Å². The number of para-hydroxylation sites is 1. The number of aromatic nitrogens is 3. The van der Waals surface area contributed by atoms with Gasteiger partial charge in [0, 0.05) is 19.5 Å². The van der Waals surface area contributed by atoms with E-state index >= 15 is 0 Å². The Morgan fingerprint density at radius 2 is 2.16 bits per heavy atom. The lowest BCUT2D eigenvalue weighted by atomic mass is 10.3. The number of carbonyl (C=O) groups excluding carboxylic acids is 1. The first kappa shape index (κ1) is 17.5. The van der Waals surface area contributed by atoms with Crippen molar-refractivity contribution in [2.45, 2.75) is 42.5 Å². The van der Waals surface area contributed by atoms with Gasteiger partial charge in [0.25, 0.3) is 0 Å². The number of thioether (sulfide) groups is 1. The SMILES string of the molecule is C[C@H](Sc1nc(C2CC2)n(-c2ccccc2)n1)C(=O)N(C)CCC#N. The fourth-order valence-electron chi connectivity index (χ4n) is 2.57. The molecule has 1 fully saturated rings. The molecule has 130 valence electrons. The van der Waals surface area contributed by atoms with E-state index in [9.17, 15) is 4.79 Å².